The smallest absolute Gasteiger partial charge is 0.213 e. The molecule has 5 heterocycles. The summed E-state index contributed by atoms with van der Waals surface area (Å²) in [5.74, 6) is 2.36. The molecule has 1 atom stereocenters. The Bertz CT molecular complexity index is 1350. The van der Waals surface area contributed by atoms with Crippen LogP contribution in [0.3, 0.4) is 0 Å². The maximum atomic E-state index is 9.65. The standard InChI is InChI=1S/C36H57N7O7/c1-2-30-28-40-43-33(25-34(41-36(30)43)42-13-4-3-5-31(42)10-14-44)38-26-29-6-7-35(39-27-29)50-24-22-48-20-18-46-16-15-45-17-19-47-21-23-49-32-8-11-37-12-9-32/h6-7,25,27-28,31-32,37-38,44H,2-5,8-24,26H2,1H3. The first-order valence-corrected chi connectivity index (χ1v) is 18.4. The van der Waals surface area contributed by atoms with E-state index in [0.29, 0.717) is 90.6 Å². The highest BCUT2D eigenvalue weighted by Crippen LogP contribution is 2.29. The highest BCUT2D eigenvalue weighted by molar-refractivity contribution is 5.61. The molecule has 50 heavy (non-hydrogen) atoms. The SMILES string of the molecule is CCc1cnn2c(NCc3ccc(OCCOCCOCCOCCOCCOC4CCNCC4)nc3)cc(N3CCCCC3CCO)nc12. The topological polar surface area (TPSA) is 146 Å². The number of hydrogen-bond donors (Lipinski definition) is 3. The average Bonchev–Trinajstić information content (AvgIpc) is 3.58. The van der Waals surface area contributed by atoms with Crippen molar-refractivity contribution >= 4 is 17.3 Å². The third kappa shape index (κ3) is 12.3. The quantitative estimate of drug-likeness (QED) is 0.118. The molecular formula is C36H57N7O7. The Morgan fingerprint density at radius 3 is 2.28 bits per heavy atom. The summed E-state index contributed by atoms with van der Waals surface area (Å²) in [6.45, 7) is 11.1. The molecule has 3 aromatic rings. The maximum Gasteiger partial charge on any atom is 0.213 e. The normalized spacial score (nSPS) is 17.1. The molecule has 0 aliphatic carbocycles. The Morgan fingerprint density at radius 1 is 0.880 bits per heavy atom. The highest BCUT2D eigenvalue weighted by atomic mass is 16.6. The molecular weight excluding hydrogens is 642 g/mol. The number of nitrogens with zero attached hydrogens (tertiary/aromatic N) is 5. The number of anilines is 2. The number of aryl methyl sites for hydroxylation is 1. The van der Waals surface area contributed by atoms with E-state index in [0.717, 1.165) is 86.6 Å². The Morgan fingerprint density at radius 2 is 1.60 bits per heavy atom. The van der Waals surface area contributed by atoms with Crippen molar-refractivity contribution in [3.05, 3.63) is 41.7 Å². The maximum absolute atomic E-state index is 9.65. The Labute approximate surface area is 296 Å². The van der Waals surface area contributed by atoms with E-state index in [4.69, 9.17) is 33.4 Å². The molecule has 2 aliphatic heterocycles. The van der Waals surface area contributed by atoms with Crippen molar-refractivity contribution in [2.24, 2.45) is 0 Å². The lowest BCUT2D eigenvalue weighted by atomic mass is 9.99. The molecule has 3 aromatic heterocycles. The van der Waals surface area contributed by atoms with E-state index >= 15 is 0 Å². The summed E-state index contributed by atoms with van der Waals surface area (Å²) in [6, 6.07) is 6.25. The summed E-state index contributed by atoms with van der Waals surface area (Å²) in [5.41, 5.74) is 3.00. The minimum Gasteiger partial charge on any atom is -0.475 e. The number of aromatic nitrogens is 4. The first kappa shape index (κ1) is 38.1. The lowest BCUT2D eigenvalue weighted by Gasteiger charge is -2.36. The van der Waals surface area contributed by atoms with Gasteiger partial charge in [-0.3, -0.25) is 0 Å². The molecule has 0 aromatic carbocycles. The molecule has 3 N–H and O–H groups in total. The molecule has 0 radical (unpaired) electrons. The summed E-state index contributed by atoms with van der Waals surface area (Å²) in [7, 11) is 0. The minimum atomic E-state index is 0.181. The summed E-state index contributed by atoms with van der Waals surface area (Å²) in [5, 5.41) is 21.2. The molecule has 0 amide bonds. The van der Waals surface area contributed by atoms with Gasteiger partial charge in [0.2, 0.25) is 5.88 Å². The molecule has 1 unspecified atom stereocenters. The van der Waals surface area contributed by atoms with Crippen LogP contribution < -0.4 is 20.3 Å². The van der Waals surface area contributed by atoms with Crippen molar-refractivity contribution < 1.29 is 33.5 Å². The fourth-order valence-electron chi connectivity index (χ4n) is 6.27. The van der Waals surface area contributed by atoms with Gasteiger partial charge in [0.1, 0.15) is 18.2 Å². The van der Waals surface area contributed by atoms with Gasteiger partial charge < -0.3 is 49.1 Å². The van der Waals surface area contributed by atoms with Crippen molar-refractivity contribution in [1.29, 1.82) is 0 Å². The van der Waals surface area contributed by atoms with E-state index in [2.05, 4.69) is 38.6 Å². The molecule has 2 aliphatic rings. The zero-order chi connectivity index (χ0) is 34.6. The lowest BCUT2D eigenvalue weighted by Crippen LogP contribution is -2.40. The van der Waals surface area contributed by atoms with Crippen LogP contribution in [-0.4, -0.2) is 129 Å². The van der Waals surface area contributed by atoms with Crippen LogP contribution in [0.15, 0.2) is 30.6 Å². The molecule has 14 heteroatoms. The second-order valence-corrected chi connectivity index (χ2v) is 12.6. The van der Waals surface area contributed by atoms with Crippen molar-refractivity contribution in [3.63, 3.8) is 0 Å². The van der Waals surface area contributed by atoms with Crippen LogP contribution in [0, 0.1) is 0 Å². The molecule has 2 saturated heterocycles. The third-order valence-corrected chi connectivity index (χ3v) is 9.03. The van der Waals surface area contributed by atoms with Crippen molar-refractivity contribution in [2.75, 3.05) is 103 Å². The molecule has 0 spiro atoms. The largest absolute Gasteiger partial charge is 0.475 e. The summed E-state index contributed by atoms with van der Waals surface area (Å²) in [6.07, 6.45) is 11.2. The molecule has 0 saturated carbocycles. The molecule has 278 valence electrons. The van der Waals surface area contributed by atoms with Gasteiger partial charge >= 0.3 is 0 Å². The number of pyridine rings is 1. The fourth-order valence-corrected chi connectivity index (χ4v) is 6.27. The van der Waals surface area contributed by atoms with Gasteiger partial charge in [-0.2, -0.15) is 9.61 Å². The van der Waals surface area contributed by atoms with E-state index < -0.39 is 0 Å². The first-order valence-electron chi connectivity index (χ1n) is 18.4. The van der Waals surface area contributed by atoms with Gasteiger partial charge in [-0.15, -0.1) is 0 Å². The number of fused-ring (bicyclic) bond motifs is 1. The third-order valence-electron chi connectivity index (χ3n) is 9.03. The van der Waals surface area contributed by atoms with Gasteiger partial charge in [0.25, 0.3) is 0 Å². The number of rotatable bonds is 24. The number of piperidine rings is 2. The Balaban J connectivity index is 0.921. The number of nitrogens with one attached hydrogen (secondary N) is 2. The van der Waals surface area contributed by atoms with E-state index in [1.165, 1.54) is 6.42 Å². The van der Waals surface area contributed by atoms with Crippen LogP contribution in [0.4, 0.5) is 11.6 Å². The molecule has 14 nitrogen and oxygen atoms in total. The predicted molar refractivity (Wildman–Crippen MR) is 191 cm³/mol. The average molecular weight is 700 g/mol. The van der Waals surface area contributed by atoms with Crippen molar-refractivity contribution in [3.8, 4) is 5.88 Å². The van der Waals surface area contributed by atoms with Crippen LogP contribution in [0.1, 0.15) is 56.6 Å². The summed E-state index contributed by atoms with van der Waals surface area (Å²) < 4.78 is 35.7. The van der Waals surface area contributed by atoms with Gasteiger partial charge in [-0.1, -0.05) is 13.0 Å². The highest BCUT2D eigenvalue weighted by Gasteiger charge is 2.25. The zero-order valence-corrected chi connectivity index (χ0v) is 29.7. The van der Waals surface area contributed by atoms with Crippen LogP contribution >= 0.6 is 0 Å². The second kappa shape index (κ2) is 22.0. The van der Waals surface area contributed by atoms with Crippen molar-refractivity contribution in [1.82, 2.24) is 24.9 Å². The number of ether oxygens (including phenoxy) is 6. The fraction of sp³-hybridized carbons (Fsp3) is 0.694. The Kier molecular flexibility index (Phi) is 16.7. The number of hydrogen-bond acceptors (Lipinski definition) is 13. The van der Waals surface area contributed by atoms with Crippen LogP contribution in [0.5, 0.6) is 5.88 Å². The number of aliphatic hydroxyl groups excluding tert-OH is 1. The monoisotopic (exact) mass is 699 g/mol. The molecule has 0 bridgehead atoms. The molecule has 5 rings (SSSR count). The lowest BCUT2D eigenvalue weighted by molar-refractivity contribution is -0.0284. The predicted octanol–water partition coefficient (Wildman–Crippen LogP) is 3.25. The number of aliphatic hydroxyl groups is 1. The van der Waals surface area contributed by atoms with Crippen LogP contribution in [0.2, 0.25) is 0 Å². The summed E-state index contributed by atoms with van der Waals surface area (Å²) >= 11 is 0. The van der Waals surface area contributed by atoms with Gasteiger partial charge in [-0.25, -0.2) is 9.97 Å². The van der Waals surface area contributed by atoms with E-state index in [-0.39, 0.29) is 6.61 Å². The van der Waals surface area contributed by atoms with Crippen LogP contribution in [0.25, 0.3) is 5.65 Å². The van der Waals surface area contributed by atoms with E-state index in [9.17, 15) is 5.11 Å². The van der Waals surface area contributed by atoms with E-state index in [1.54, 1.807) is 0 Å². The van der Waals surface area contributed by atoms with E-state index in [1.807, 2.05) is 29.0 Å². The molecule has 2 fully saturated rings. The zero-order valence-electron chi connectivity index (χ0n) is 29.7. The van der Waals surface area contributed by atoms with Gasteiger partial charge in [-0.05, 0) is 63.6 Å². The minimum absolute atomic E-state index is 0.181. The summed E-state index contributed by atoms with van der Waals surface area (Å²) in [4.78, 5) is 11.9. The van der Waals surface area contributed by atoms with Gasteiger partial charge in [0, 0.05) is 49.6 Å². The van der Waals surface area contributed by atoms with Gasteiger partial charge in [0.15, 0.2) is 5.65 Å². The van der Waals surface area contributed by atoms with Crippen molar-refractivity contribution in [2.45, 2.75) is 70.6 Å². The Hall–Kier alpha value is -3.11. The van der Waals surface area contributed by atoms with Gasteiger partial charge in [0.05, 0.1) is 71.8 Å². The van der Waals surface area contributed by atoms with Crippen LogP contribution in [-0.2, 0) is 36.6 Å². The second-order valence-electron chi connectivity index (χ2n) is 12.6. The first-order chi connectivity index (χ1) is 24.7.